The molecule has 0 aliphatic carbocycles. The van der Waals surface area contributed by atoms with Gasteiger partial charge in [-0.1, -0.05) is 65.8 Å². The lowest BCUT2D eigenvalue weighted by Crippen LogP contribution is -2.04. The Kier molecular flexibility index (Phi) is 4.51. The summed E-state index contributed by atoms with van der Waals surface area (Å²) in [4.78, 5) is 9.17. The summed E-state index contributed by atoms with van der Waals surface area (Å²) in [7, 11) is 0. The first-order chi connectivity index (χ1) is 15.0. The second-order valence-corrected chi connectivity index (χ2v) is 6.94. The van der Waals surface area contributed by atoms with Crippen molar-refractivity contribution in [3.05, 3.63) is 90.5 Å². The van der Waals surface area contributed by atoms with Gasteiger partial charge in [-0.2, -0.15) is 18.2 Å². The Morgan fingerprint density at radius 1 is 0.710 bits per heavy atom. The molecule has 0 unspecified atom stereocenters. The Balaban J connectivity index is 1.60. The second-order valence-electron chi connectivity index (χ2n) is 6.94. The molecule has 0 amide bonds. The average Bonchev–Trinajstić information content (AvgIpc) is 3.28. The largest absolute Gasteiger partial charge is 0.416 e. The van der Waals surface area contributed by atoms with E-state index in [9.17, 15) is 13.2 Å². The molecule has 4 nitrogen and oxygen atoms in total. The first kappa shape index (κ1) is 19.0. The van der Waals surface area contributed by atoms with Crippen LogP contribution in [0.25, 0.3) is 45.0 Å². The molecule has 0 fully saturated rings. The number of para-hydroxylation sites is 1. The molecule has 5 aromatic rings. The van der Waals surface area contributed by atoms with Gasteiger partial charge in [-0.25, -0.2) is 4.98 Å². The minimum absolute atomic E-state index is 0.214. The predicted molar refractivity (Wildman–Crippen MR) is 111 cm³/mol. The van der Waals surface area contributed by atoms with E-state index in [1.165, 1.54) is 12.1 Å². The van der Waals surface area contributed by atoms with Crippen molar-refractivity contribution in [1.29, 1.82) is 0 Å². The van der Waals surface area contributed by atoms with Crippen molar-refractivity contribution in [2.45, 2.75) is 6.18 Å². The number of alkyl halides is 3. The summed E-state index contributed by atoms with van der Waals surface area (Å²) in [6.45, 7) is 0. The van der Waals surface area contributed by atoms with Gasteiger partial charge in [-0.15, -0.1) is 0 Å². The zero-order valence-electron chi connectivity index (χ0n) is 16.0. The maximum Gasteiger partial charge on any atom is 0.416 e. The normalized spacial score (nSPS) is 11.7. The molecule has 0 spiro atoms. The summed E-state index contributed by atoms with van der Waals surface area (Å²) in [5.74, 6) is 0.483. The lowest BCUT2D eigenvalue weighted by atomic mass is 10.0. The van der Waals surface area contributed by atoms with Crippen LogP contribution in [0, 0.1) is 0 Å². The van der Waals surface area contributed by atoms with Crippen molar-refractivity contribution in [1.82, 2.24) is 15.1 Å². The fourth-order valence-corrected chi connectivity index (χ4v) is 3.37. The van der Waals surface area contributed by atoms with Gasteiger partial charge in [0.1, 0.15) is 0 Å². The maximum atomic E-state index is 12.8. The van der Waals surface area contributed by atoms with E-state index in [0.29, 0.717) is 11.1 Å². The summed E-state index contributed by atoms with van der Waals surface area (Å²) in [5.41, 5.74) is 2.88. The van der Waals surface area contributed by atoms with Gasteiger partial charge in [0.2, 0.25) is 5.82 Å². The van der Waals surface area contributed by atoms with E-state index < -0.39 is 11.7 Å². The lowest BCUT2D eigenvalue weighted by molar-refractivity contribution is -0.137. The monoisotopic (exact) mass is 417 g/mol. The Labute approximate surface area is 175 Å². The van der Waals surface area contributed by atoms with E-state index in [1.807, 2.05) is 60.7 Å². The van der Waals surface area contributed by atoms with Crippen LogP contribution >= 0.6 is 0 Å². The summed E-state index contributed by atoms with van der Waals surface area (Å²) in [6, 6.07) is 23.9. The molecule has 0 saturated heterocycles. The molecule has 0 atom stereocenters. The number of pyridine rings is 1. The molecule has 0 saturated carbocycles. The molecule has 31 heavy (non-hydrogen) atoms. The lowest BCUT2D eigenvalue weighted by Gasteiger charge is -2.07. The molecule has 7 heteroatoms. The first-order valence-corrected chi connectivity index (χ1v) is 9.46. The van der Waals surface area contributed by atoms with Gasteiger partial charge in [0.25, 0.3) is 5.89 Å². The number of hydrogen-bond acceptors (Lipinski definition) is 4. The predicted octanol–water partition coefficient (Wildman–Crippen LogP) is 6.64. The van der Waals surface area contributed by atoms with Gasteiger partial charge in [-0.05, 0) is 24.3 Å². The molecule has 0 bridgehead atoms. The molecule has 152 valence electrons. The van der Waals surface area contributed by atoms with Gasteiger partial charge in [0.05, 0.1) is 22.3 Å². The van der Waals surface area contributed by atoms with E-state index in [1.54, 1.807) is 0 Å². The molecule has 5 rings (SSSR count). The Hall–Kier alpha value is -4.00. The van der Waals surface area contributed by atoms with Crippen LogP contribution in [0.5, 0.6) is 0 Å². The minimum atomic E-state index is -4.40. The van der Waals surface area contributed by atoms with E-state index in [2.05, 4.69) is 10.1 Å². The summed E-state index contributed by atoms with van der Waals surface area (Å²) >= 11 is 0. The third-order valence-corrected chi connectivity index (χ3v) is 4.91. The van der Waals surface area contributed by atoms with Crippen LogP contribution in [-0.4, -0.2) is 15.1 Å². The average molecular weight is 417 g/mol. The van der Waals surface area contributed by atoms with Gasteiger partial charge in [0.15, 0.2) is 0 Å². The number of fused-ring (bicyclic) bond motifs is 1. The molecule has 3 aromatic carbocycles. The highest BCUT2D eigenvalue weighted by molar-refractivity contribution is 5.94. The van der Waals surface area contributed by atoms with Crippen LogP contribution in [-0.2, 0) is 6.18 Å². The smallest absolute Gasteiger partial charge is 0.334 e. The van der Waals surface area contributed by atoms with Crippen LogP contribution < -0.4 is 0 Å². The zero-order chi connectivity index (χ0) is 21.4. The Morgan fingerprint density at radius 3 is 2.16 bits per heavy atom. The SMILES string of the molecule is FC(F)(F)c1ccc(-c2noc(-c3cc(-c4ccccc4)nc4ccccc34)n2)cc1. The molecule has 0 aliphatic heterocycles. The summed E-state index contributed by atoms with van der Waals surface area (Å²) in [6.07, 6.45) is -4.40. The standard InChI is InChI=1S/C24H14F3N3O/c25-24(26,27)17-12-10-16(11-13-17)22-29-23(31-30-22)19-14-21(15-6-2-1-3-7-15)28-20-9-5-4-8-18(19)20/h1-14H. The summed E-state index contributed by atoms with van der Waals surface area (Å²) < 4.78 is 43.9. The van der Waals surface area contributed by atoms with E-state index in [-0.39, 0.29) is 11.7 Å². The number of rotatable bonds is 3. The first-order valence-electron chi connectivity index (χ1n) is 9.46. The number of benzene rings is 3. The highest BCUT2D eigenvalue weighted by atomic mass is 19.4. The van der Waals surface area contributed by atoms with Gasteiger partial charge < -0.3 is 4.52 Å². The van der Waals surface area contributed by atoms with E-state index in [4.69, 9.17) is 9.51 Å². The van der Waals surface area contributed by atoms with Crippen molar-refractivity contribution < 1.29 is 17.7 Å². The molecular weight excluding hydrogens is 403 g/mol. The third-order valence-electron chi connectivity index (χ3n) is 4.91. The fraction of sp³-hybridized carbons (Fsp3) is 0.0417. The molecule has 0 N–H and O–H groups in total. The number of halogens is 3. The molecule has 0 aliphatic rings. The highest BCUT2D eigenvalue weighted by Gasteiger charge is 2.30. The van der Waals surface area contributed by atoms with Crippen molar-refractivity contribution in [2.75, 3.05) is 0 Å². The number of aromatic nitrogens is 3. The Morgan fingerprint density at radius 2 is 1.42 bits per heavy atom. The highest BCUT2D eigenvalue weighted by Crippen LogP contribution is 2.33. The number of nitrogens with zero attached hydrogens (tertiary/aromatic N) is 3. The quantitative estimate of drug-likeness (QED) is 0.330. The summed E-state index contributed by atoms with van der Waals surface area (Å²) in [5, 5.41) is 4.81. The van der Waals surface area contributed by atoms with E-state index in [0.717, 1.165) is 34.3 Å². The molecular formula is C24H14F3N3O. The van der Waals surface area contributed by atoms with E-state index >= 15 is 0 Å². The fourth-order valence-electron chi connectivity index (χ4n) is 3.37. The van der Waals surface area contributed by atoms with Crippen LogP contribution in [0.1, 0.15) is 5.56 Å². The molecule has 2 heterocycles. The third kappa shape index (κ3) is 3.66. The van der Waals surface area contributed by atoms with Crippen LogP contribution in [0.3, 0.4) is 0 Å². The molecule has 2 aromatic heterocycles. The van der Waals surface area contributed by atoms with Crippen molar-refractivity contribution >= 4 is 10.9 Å². The maximum absolute atomic E-state index is 12.8. The van der Waals surface area contributed by atoms with Gasteiger partial charge in [0, 0.05) is 16.5 Å². The Bertz CT molecular complexity index is 1360. The van der Waals surface area contributed by atoms with Crippen molar-refractivity contribution in [2.24, 2.45) is 0 Å². The van der Waals surface area contributed by atoms with Crippen LogP contribution in [0.2, 0.25) is 0 Å². The minimum Gasteiger partial charge on any atom is -0.334 e. The topological polar surface area (TPSA) is 51.8 Å². The second kappa shape index (κ2) is 7.36. The number of hydrogen-bond donors (Lipinski definition) is 0. The van der Waals surface area contributed by atoms with Crippen LogP contribution in [0.4, 0.5) is 13.2 Å². The van der Waals surface area contributed by atoms with Crippen molar-refractivity contribution in [3.8, 4) is 34.1 Å². The van der Waals surface area contributed by atoms with Gasteiger partial charge in [-0.3, -0.25) is 0 Å². The van der Waals surface area contributed by atoms with Crippen LogP contribution in [0.15, 0.2) is 89.5 Å². The zero-order valence-corrected chi connectivity index (χ0v) is 16.0. The van der Waals surface area contributed by atoms with Crippen molar-refractivity contribution in [3.63, 3.8) is 0 Å². The molecule has 0 radical (unpaired) electrons. The van der Waals surface area contributed by atoms with Gasteiger partial charge >= 0.3 is 6.18 Å².